The van der Waals surface area contributed by atoms with Crippen LogP contribution in [0.4, 0.5) is 9.93 Å². The number of benzene rings is 2. The van der Waals surface area contributed by atoms with Gasteiger partial charge in [-0.15, -0.1) is 0 Å². The van der Waals surface area contributed by atoms with E-state index >= 15 is 0 Å². The lowest BCUT2D eigenvalue weighted by molar-refractivity contribution is 0.257. The summed E-state index contributed by atoms with van der Waals surface area (Å²) in [6.07, 6.45) is 0. The fourth-order valence-corrected chi connectivity index (χ4v) is 3.38. The molecule has 2 N–H and O–H groups in total. The van der Waals surface area contributed by atoms with Gasteiger partial charge in [0.2, 0.25) is 0 Å². The summed E-state index contributed by atoms with van der Waals surface area (Å²) in [4.78, 5) is 17.3. The maximum Gasteiger partial charge on any atom is 0.331 e. The van der Waals surface area contributed by atoms with Gasteiger partial charge in [-0.25, -0.2) is 9.78 Å². The third-order valence-electron chi connectivity index (χ3n) is 2.90. The van der Waals surface area contributed by atoms with Gasteiger partial charge in [0.05, 0.1) is 16.8 Å². The number of urea groups is 1. The molecule has 5 nitrogen and oxygen atoms in total. The summed E-state index contributed by atoms with van der Waals surface area (Å²) < 4.78 is 9.17. The first-order valence-corrected chi connectivity index (χ1v) is 8.70. The fourth-order valence-electron chi connectivity index (χ4n) is 1.93. The second kappa shape index (κ2) is 7.34. The molecule has 7 heteroatoms. The minimum Gasteiger partial charge on any atom is -0.494 e. The molecule has 0 fully saturated rings. The van der Waals surface area contributed by atoms with Crippen LogP contribution in [-0.2, 0) is 0 Å². The van der Waals surface area contributed by atoms with Crippen molar-refractivity contribution in [2.24, 2.45) is 0 Å². The maximum atomic E-state index is 11.9. The molecule has 118 valence electrons. The molecule has 0 spiro atoms. The van der Waals surface area contributed by atoms with E-state index in [1.165, 1.54) is 23.3 Å². The van der Waals surface area contributed by atoms with Crippen LogP contribution in [0.3, 0.4) is 0 Å². The molecule has 0 saturated heterocycles. The van der Waals surface area contributed by atoms with E-state index in [2.05, 4.69) is 15.0 Å². The SMILES string of the molecule is CCOc1ccc2nc(NC(=O)NSc3ccccc3)sc2c1. The summed E-state index contributed by atoms with van der Waals surface area (Å²) in [7, 11) is 0. The number of aromatic nitrogens is 1. The number of nitrogens with zero attached hydrogens (tertiary/aromatic N) is 1. The van der Waals surface area contributed by atoms with E-state index in [0.29, 0.717) is 11.7 Å². The van der Waals surface area contributed by atoms with E-state index in [0.717, 1.165) is 20.9 Å². The van der Waals surface area contributed by atoms with Crippen molar-refractivity contribution >= 4 is 44.7 Å². The Morgan fingerprint density at radius 1 is 1.26 bits per heavy atom. The summed E-state index contributed by atoms with van der Waals surface area (Å²) >= 11 is 2.67. The van der Waals surface area contributed by atoms with Crippen molar-refractivity contribution in [1.29, 1.82) is 0 Å². The van der Waals surface area contributed by atoms with Crippen molar-refractivity contribution in [1.82, 2.24) is 9.71 Å². The first-order valence-electron chi connectivity index (χ1n) is 7.07. The van der Waals surface area contributed by atoms with Gasteiger partial charge in [-0.1, -0.05) is 29.5 Å². The first-order chi connectivity index (χ1) is 11.2. The summed E-state index contributed by atoms with van der Waals surface area (Å²) in [6, 6.07) is 15.0. The van der Waals surface area contributed by atoms with E-state index in [1.54, 1.807) is 0 Å². The molecular formula is C16H15N3O2S2. The summed E-state index contributed by atoms with van der Waals surface area (Å²) in [5.74, 6) is 0.805. The lowest BCUT2D eigenvalue weighted by Crippen LogP contribution is -2.22. The Morgan fingerprint density at radius 2 is 2.09 bits per heavy atom. The average molecular weight is 345 g/mol. The lowest BCUT2D eigenvalue weighted by atomic mass is 10.3. The van der Waals surface area contributed by atoms with Crippen molar-refractivity contribution in [2.45, 2.75) is 11.8 Å². The molecule has 3 rings (SSSR count). The molecule has 0 aliphatic rings. The quantitative estimate of drug-likeness (QED) is 0.667. The molecule has 1 heterocycles. The monoisotopic (exact) mass is 345 g/mol. The second-order valence-corrected chi connectivity index (χ2v) is 6.46. The highest BCUT2D eigenvalue weighted by Crippen LogP contribution is 2.29. The Balaban J connectivity index is 1.63. The van der Waals surface area contributed by atoms with Crippen molar-refractivity contribution < 1.29 is 9.53 Å². The average Bonchev–Trinajstić information content (AvgIpc) is 2.95. The van der Waals surface area contributed by atoms with Crippen molar-refractivity contribution in [3.05, 3.63) is 48.5 Å². The highest BCUT2D eigenvalue weighted by molar-refractivity contribution is 7.98. The fraction of sp³-hybridized carbons (Fsp3) is 0.125. The van der Waals surface area contributed by atoms with Gasteiger partial charge in [-0.3, -0.25) is 10.0 Å². The first kappa shape index (κ1) is 15.6. The number of amides is 2. The van der Waals surface area contributed by atoms with Crippen LogP contribution >= 0.6 is 23.3 Å². The Morgan fingerprint density at radius 3 is 2.87 bits per heavy atom. The molecule has 0 radical (unpaired) electrons. The van der Waals surface area contributed by atoms with Gasteiger partial charge in [0.25, 0.3) is 0 Å². The Kier molecular flexibility index (Phi) is 4.99. The summed E-state index contributed by atoms with van der Waals surface area (Å²) in [5.41, 5.74) is 0.837. The molecule has 3 aromatic rings. The number of rotatable bonds is 5. The topological polar surface area (TPSA) is 63.2 Å². The predicted molar refractivity (Wildman–Crippen MR) is 95.2 cm³/mol. The Hall–Kier alpha value is -2.25. The standard InChI is InChI=1S/C16H15N3O2S2/c1-2-21-11-8-9-13-14(10-11)22-16(17-13)18-15(20)19-23-12-6-4-3-5-7-12/h3-10H,2H2,1H3,(H2,17,18,19,20). The second-order valence-electron chi connectivity index (χ2n) is 4.55. The van der Waals surface area contributed by atoms with Crippen LogP contribution in [0.5, 0.6) is 5.75 Å². The van der Waals surface area contributed by atoms with Gasteiger partial charge in [-0.05, 0) is 49.2 Å². The van der Waals surface area contributed by atoms with Crippen LogP contribution in [0.15, 0.2) is 53.4 Å². The number of carbonyl (C=O) groups is 1. The molecule has 23 heavy (non-hydrogen) atoms. The van der Waals surface area contributed by atoms with Crippen LogP contribution in [0.2, 0.25) is 0 Å². The Labute approximate surface area is 142 Å². The largest absolute Gasteiger partial charge is 0.494 e. The lowest BCUT2D eigenvalue weighted by Gasteiger charge is -2.03. The van der Waals surface area contributed by atoms with Gasteiger partial charge in [0, 0.05) is 4.90 Å². The van der Waals surface area contributed by atoms with Gasteiger partial charge in [-0.2, -0.15) is 0 Å². The minimum absolute atomic E-state index is 0.303. The third kappa shape index (κ3) is 4.14. The number of fused-ring (bicyclic) bond motifs is 1. The van der Waals surface area contributed by atoms with Crippen LogP contribution in [0, 0.1) is 0 Å². The van der Waals surface area contributed by atoms with E-state index in [1.807, 2.05) is 55.5 Å². The molecule has 0 unspecified atom stereocenters. The molecular weight excluding hydrogens is 330 g/mol. The molecule has 0 aliphatic carbocycles. The Bertz CT molecular complexity index is 805. The van der Waals surface area contributed by atoms with E-state index < -0.39 is 0 Å². The van der Waals surface area contributed by atoms with Crippen molar-refractivity contribution in [3.8, 4) is 5.75 Å². The molecule has 0 saturated carbocycles. The van der Waals surface area contributed by atoms with Crippen LogP contribution in [-0.4, -0.2) is 17.6 Å². The maximum absolute atomic E-state index is 11.9. The highest BCUT2D eigenvalue weighted by Gasteiger charge is 2.08. The van der Waals surface area contributed by atoms with Crippen LogP contribution in [0.1, 0.15) is 6.92 Å². The summed E-state index contributed by atoms with van der Waals surface area (Å²) in [6.45, 7) is 2.56. The molecule has 2 aromatic carbocycles. The number of thiazole rings is 1. The number of hydrogen-bond acceptors (Lipinski definition) is 5. The van der Waals surface area contributed by atoms with Crippen molar-refractivity contribution in [2.75, 3.05) is 11.9 Å². The molecule has 0 atom stereocenters. The predicted octanol–water partition coefficient (Wildman–Crippen LogP) is 4.52. The van der Waals surface area contributed by atoms with Crippen LogP contribution in [0.25, 0.3) is 10.2 Å². The van der Waals surface area contributed by atoms with E-state index in [4.69, 9.17) is 4.74 Å². The summed E-state index contributed by atoms with van der Waals surface area (Å²) in [5, 5.41) is 3.30. The normalized spacial score (nSPS) is 10.5. The zero-order chi connectivity index (χ0) is 16.1. The number of anilines is 1. The van der Waals surface area contributed by atoms with Crippen molar-refractivity contribution in [3.63, 3.8) is 0 Å². The zero-order valence-electron chi connectivity index (χ0n) is 12.4. The molecule has 0 aliphatic heterocycles. The number of ether oxygens (including phenoxy) is 1. The molecule has 2 amide bonds. The highest BCUT2D eigenvalue weighted by atomic mass is 32.2. The van der Waals surface area contributed by atoms with Gasteiger partial charge >= 0.3 is 6.03 Å². The van der Waals surface area contributed by atoms with Gasteiger partial charge in [0.1, 0.15) is 5.75 Å². The third-order valence-corrected chi connectivity index (χ3v) is 4.63. The van der Waals surface area contributed by atoms with Gasteiger partial charge in [0.15, 0.2) is 5.13 Å². The number of nitrogens with one attached hydrogen (secondary N) is 2. The number of carbonyl (C=O) groups excluding carboxylic acids is 1. The zero-order valence-corrected chi connectivity index (χ0v) is 14.0. The molecule has 1 aromatic heterocycles. The number of hydrogen-bond donors (Lipinski definition) is 2. The van der Waals surface area contributed by atoms with Gasteiger partial charge < -0.3 is 4.74 Å². The minimum atomic E-state index is -0.303. The van der Waals surface area contributed by atoms with E-state index in [-0.39, 0.29) is 6.03 Å². The van der Waals surface area contributed by atoms with E-state index in [9.17, 15) is 4.79 Å². The molecule has 0 bridgehead atoms. The smallest absolute Gasteiger partial charge is 0.331 e. The van der Waals surface area contributed by atoms with Crippen LogP contribution < -0.4 is 14.8 Å².